The molecule has 1 aliphatic carbocycles. The maximum absolute atomic E-state index is 11.3. The van der Waals surface area contributed by atoms with Gasteiger partial charge in [0.2, 0.25) is 5.91 Å². The molecule has 0 aliphatic heterocycles. The minimum atomic E-state index is -1.12. The summed E-state index contributed by atoms with van der Waals surface area (Å²) in [5.41, 5.74) is 4.97. The van der Waals surface area contributed by atoms with Gasteiger partial charge < -0.3 is 10.8 Å². The molecule has 1 fully saturated rings. The number of carbonyl (C=O) groups excluding carboxylic acids is 2. The zero-order valence-electron chi connectivity index (χ0n) is 8.40. The third-order valence-corrected chi connectivity index (χ3v) is 2.92. The van der Waals surface area contributed by atoms with Crippen molar-refractivity contribution in [2.24, 2.45) is 17.6 Å². The number of nitrogens with two attached hydrogens (primary N) is 1. The van der Waals surface area contributed by atoms with E-state index in [1.165, 1.54) is 0 Å². The Kier molecular flexibility index (Phi) is 3.63. The van der Waals surface area contributed by atoms with E-state index in [0.717, 1.165) is 12.8 Å². The highest BCUT2D eigenvalue weighted by Crippen LogP contribution is 2.28. The summed E-state index contributed by atoms with van der Waals surface area (Å²) >= 11 is 0. The molecule has 1 amide bonds. The van der Waals surface area contributed by atoms with Gasteiger partial charge in [0, 0.05) is 12.3 Å². The molecular weight excluding hydrogens is 182 g/mol. The highest BCUT2D eigenvalue weighted by molar-refractivity contribution is 5.83. The molecule has 80 valence electrons. The van der Waals surface area contributed by atoms with Gasteiger partial charge in [-0.3, -0.25) is 9.59 Å². The molecule has 4 heteroatoms. The highest BCUT2D eigenvalue weighted by Gasteiger charge is 2.29. The van der Waals surface area contributed by atoms with Crippen LogP contribution in [0.25, 0.3) is 0 Å². The number of hydrogen-bond acceptors (Lipinski definition) is 3. The van der Waals surface area contributed by atoms with Crippen LogP contribution < -0.4 is 5.73 Å². The Morgan fingerprint density at radius 2 is 2.36 bits per heavy atom. The molecule has 1 unspecified atom stereocenters. The third-order valence-electron chi connectivity index (χ3n) is 2.92. The maximum Gasteiger partial charge on any atom is 0.246 e. The first-order chi connectivity index (χ1) is 6.52. The summed E-state index contributed by atoms with van der Waals surface area (Å²) in [4.78, 5) is 22.0. The SMILES string of the molecule is C[C@@H](C[C@@H]1CCCC1=O)C(O)C(N)=O. The van der Waals surface area contributed by atoms with Gasteiger partial charge in [-0.2, -0.15) is 0 Å². The second kappa shape index (κ2) is 4.55. The lowest BCUT2D eigenvalue weighted by Crippen LogP contribution is -2.35. The largest absolute Gasteiger partial charge is 0.383 e. The predicted octanol–water partition coefficient (Wildman–Crippen LogP) is 0.228. The van der Waals surface area contributed by atoms with E-state index in [0.29, 0.717) is 12.8 Å². The van der Waals surface area contributed by atoms with Crippen LogP contribution in [0.5, 0.6) is 0 Å². The molecular formula is C10H17NO3. The standard InChI is InChI=1S/C10H17NO3/c1-6(9(13)10(11)14)5-7-3-2-4-8(7)12/h6-7,9,13H,2-5H2,1H3,(H2,11,14)/t6-,7-,9?/m0/s1. The number of aliphatic hydroxyl groups is 1. The van der Waals surface area contributed by atoms with Crippen LogP contribution in [0.1, 0.15) is 32.6 Å². The van der Waals surface area contributed by atoms with Gasteiger partial charge in [0.25, 0.3) is 0 Å². The molecule has 0 aromatic carbocycles. The van der Waals surface area contributed by atoms with Gasteiger partial charge in [0.15, 0.2) is 0 Å². The second-order valence-corrected chi connectivity index (χ2v) is 4.12. The van der Waals surface area contributed by atoms with Crippen molar-refractivity contribution in [1.29, 1.82) is 0 Å². The van der Waals surface area contributed by atoms with E-state index in [1.54, 1.807) is 6.92 Å². The maximum atomic E-state index is 11.3. The van der Waals surface area contributed by atoms with Crippen molar-refractivity contribution in [2.75, 3.05) is 0 Å². The third kappa shape index (κ3) is 2.54. The number of hydrogen-bond donors (Lipinski definition) is 2. The van der Waals surface area contributed by atoms with Crippen LogP contribution >= 0.6 is 0 Å². The van der Waals surface area contributed by atoms with Crippen molar-refractivity contribution in [3.63, 3.8) is 0 Å². The predicted molar refractivity (Wildman–Crippen MR) is 51.3 cm³/mol. The zero-order valence-corrected chi connectivity index (χ0v) is 8.40. The zero-order chi connectivity index (χ0) is 10.7. The first-order valence-electron chi connectivity index (χ1n) is 5.02. The molecule has 1 rings (SSSR count). The van der Waals surface area contributed by atoms with Crippen LogP contribution in [0, 0.1) is 11.8 Å². The number of amides is 1. The fourth-order valence-corrected chi connectivity index (χ4v) is 2.00. The van der Waals surface area contributed by atoms with E-state index in [4.69, 9.17) is 5.73 Å². The van der Waals surface area contributed by atoms with Crippen molar-refractivity contribution in [1.82, 2.24) is 0 Å². The second-order valence-electron chi connectivity index (χ2n) is 4.12. The minimum absolute atomic E-state index is 0.0269. The number of ketones is 1. The Labute approximate surface area is 83.5 Å². The number of aliphatic hydroxyl groups excluding tert-OH is 1. The molecule has 0 radical (unpaired) electrons. The van der Waals surface area contributed by atoms with E-state index in [2.05, 4.69) is 0 Å². The van der Waals surface area contributed by atoms with E-state index in [9.17, 15) is 14.7 Å². The number of Topliss-reactive ketones (excluding diaryl/α,β-unsaturated/α-hetero) is 1. The van der Waals surface area contributed by atoms with Gasteiger partial charge in [-0.05, 0) is 25.2 Å². The smallest absolute Gasteiger partial charge is 0.246 e. The fourth-order valence-electron chi connectivity index (χ4n) is 2.00. The lowest BCUT2D eigenvalue weighted by atomic mass is 9.90. The topological polar surface area (TPSA) is 80.4 Å². The first-order valence-corrected chi connectivity index (χ1v) is 5.02. The fraction of sp³-hybridized carbons (Fsp3) is 0.800. The number of carbonyl (C=O) groups is 2. The molecule has 3 atom stereocenters. The van der Waals surface area contributed by atoms with Crippen molar-refractivity contribution >= 4 is 11.7 Å². The molecule has 14 heavy (non-hydrogen) atoms. The Morgan fingerprint density at radius 3 is 2.79 bits per heavy atom. The van der Waals surface area contributed by atoms with Crippen LogP contribution in [-0.4, -0.2) is 22.9 Å². The molecule has 0 spiro atoms. The summed E-state index contributed by atoms with van der Waals surface area (Å²) < 4.78 is 0. The van der Waals surface area contributed by atoms with Crippen molar-refractivity contribution in [3.8, 4) is 0 Å². The highest BCUT2D eigenvalue weighted by atomic mass is 16.3. The molecule has 4 nitrogen and oxygen atoms in total. The molecule has 0 bridgehead atoms. The van der Waals surface area contributed by atoms with Crippen molar-refractivity contribution in [2.45, 2.75) is 38.7 Å². The number of primary amides is 1. The summed E-state index contributed by atoms with van der Waals surface area (Å²) in [5.74, 6) is -0.644. The lowest BCUT2D eigenvalue weighted by Gasteiger charge is -2.18. The summed E-state index contributed by atoms with van der Waals surface area (Å²) in [6.07, 6.45) is 1.91. The van der Waals surface area contributed by atoms with Gasteiger partial charge in [-0.1, -0.05) is 6.92 Å². The Bertz CT molecular complexity index is 240. The average molecular weight is 199 g/mol. The van der Waals surface area contributed by atoms with Gasteiger partial charge in [0.1, 0.15) is 11.9 Å². The average Bonchev–Trinajstić information content (AvgIpc) is 2.50. The van der Waals surface area contributed by atoms with Crippen LogP contribution in [0.2, 0.25) is 0 Å². The normalized spacial score (nSPS) is 26.1. The van der Waals surface area contributed by atoms with Gasteiger partial charge in [-0.15, -0.1) is 0 Å². The summed E-state index contributed by atoms with van der Waals surface area (Å²) in [6, 6.07) is 0. The van der Waals surface area contributed by atoms with E-state index in [1.807, 2.05) is 0 Å². The van der Waals surface area contributed by atoms with E-state index < -0.39 is 12.0 Å². The Hall–Kier alpha value is -0.900. The van der Waals surface area contributed by atoms with Gasteiger partial charge >= 0.3 is 0 Å². The number of rotatable bonds is 4. The van der Waals surface area contributed by atoms with Crippen LogP contribution in [0.3, 0.4) is 0 Å². The summed E-state index contributed by atoms with van der Waals surface area (Å²) in [5, 5.41) is 9.36. The molecule has 0 aromatic heterocycles. The lowest BCUT2D eigenvalue weighted by molar-refractivity contribution is -0.129. The monoisotopic (exact) mass is 199 g/mol. The molecule has 0 heterocycles. The molecule has 0 aromatic rings. The van der Waals surface area contributed by atoms with E-state index in [-0.39, 0.29) is 17.6 Å². The molecule has 0 saturated heterocycles. The Balaban J connectivity index is 2.43. The van der Waals surface area contributed by atoms with Crippen LogP contribution in [0.4, 0.5) is 0 Å². The van der Waals surface area contributed by atoms with Crippen molar-refractivity contribution in [3.05, 3.63) is 0 Å². The minimum Gasteiger partial charge on any atom is -0.383 e. The Morgan fingerprint density at radius 1 is 1.71 bits per heavy atom. The van der Waals surface area contributed by atoms with Crippen LogP contribution in [-0.2, 0) is 9.59 Å². The quantitative estimate of drug-likeness (QED) is 0.680. The molecule has 3 N–H and O–H groups in total. The molecule has 1 aliphatic rings. The summed E-state index contributed by atoms with van der Waals surface area (Å²) in [7, 11) is 0. The van der Waals surface area contributed by atoms with E-state index >= 15 is 0 Å². The van der Waals surface area contributed by atoms with Crippen molar-refractivity contribution < 1.29 is 14.7 Å². The van der Waals surface area contributed by atoms with Crippen LogP contribution in [0.15, 0.2) is 0 Å². The van der Waals surface area contributed by atoms with Gasteiger partial charge in [-0.25, -0.2) is 0 Å². The molecule has 1 saturated carbocycles. The first kappa shape index (κ1) is 11.2. The van der Waals surface area contributed by atoms with Gasteiger partial charge in [0.05, 0.1) is 0 Å². The summed E-state index contributed by atoms with van der Waals surface area (Å²) in [6.45, 7) is 1.75.